The van der Waals surface area contributed by atoms with Gasteiger partial charge in [0, 0.05) is 12.3 Å². The Morgan fingerprint density at radius 2 is 2.00 bits per heavy atom. The highest BCUT2D eigenvalue weighted by atomic mass is 16.2. The smallest absolute Gasteiger partial charge is 0.225 e. The largest absolute Gasteiger partial charge is 0.351 e. The van der Waals surface area contributed by atoms with Gasteiger partial charge in [-0.3, -0.25) is 9.59 Å². The molecule has 1 aromatic rings. The first-order valence-electron chi connectivity index (χ1n) is 8.24. The molecule has 1 N–H and O–H groups in total. The van der Waals surface area contributed by atoms with Crippen LogP contribution in [0.15, 0.2) is 30.3 Å². The Labute approximate surface area is 131 Å². The maximum absolute atomic E-state index is 12.8. The van der Waals surface area contributed by atoms with Crippen LogP contribution in [0.1, 0.15) is 51.1 Å². The van der Waals surface area contributed by atoms with Crippen molar-refractivity contribution >= 4 is 11.8 Å². The highest BCUT2D eigenvalue weighted by Gasteiger charge is 2.45. The van der Waals surface area contributed by atoms with Gasteiger partial charge in [0.15, 0.2) is 0 Å². The molecule has 4 nitrogen and oxygen atoms in total. The van der Waals surface area contributed by atoms with E-state index in [-0.39, 0.29) is 35.9 Å². The van der Waals surface area contributed by atoms with E-state index in [2.05, 4.69) is 22.3 Å². The molecule has 2 aliphatic rings. The molecule has 3 rings (SSSR count). The number of fused-ring (bicyclic) bond motifs is 1. The lowest BCUT2D eigenvalue weighted by atomic mass is 10.0. The number of rotatable bonds is 2. The first-order chi connectivity index (χ1) is 10.6. The van der Waals surface area contributed by atoms with Crippen LogP contribution >= 0.6 is 0 Å². The van der Waals surface area contributed by atoms with Gasteiger partial charge in [-0.1, -0.05) is 44.2 Å². The molecular formula is C18H24N2O2. The van der Waals surface area contributed by atoms with E-state index in [0.29, 0.717) is 6.42 Å². The Bertz CT molecular complexity index is 555. The fourth-order valence-electron chi connectivity index (χ4n) is 3.77. The number of amides is 2. The molecule has 2 aliphatic heterocycles. The Hall–Kier alpha value is -1.84. The lowest BCUT2D eigenvalue weighted by Gasteiger charge is -2.32. The van der Waals surface area contributed by atoms with Crippen LogP contribution in [0.3, 0.4) is 0 Å². The molecule has 118 valence electrons. The molecule has 0 saturated carbocycles. The minimum absolute atomic E-state index is 0.0242. The molecule has 4 heteroatoms. The molecule has 0 bridgehead atoms. The van der Waals surface area contributed by atoms with E-state index in [1.165, 1.54) is 5.56 Å². The van der Waals surface area contributed by atoms with Crippen LogP contribution in [0.25, 0.3) is 0 Å². The fraction of sp³-hybridized carbons (Fsp3) is 0.556. The van der Waals surface area contributed by atoms with Crippen LogP contribution in [0.5, 0.6) is 0 Å². The van der Waals surface area contributed by atoms with Crippen LogP contribution in [0, 0.1) is 5.92 Å². The van der Waals surface area contributed by atoms with E-state index in [1.54, 1.807) is 0 Å². The molecule has 0 aromatic heterocycles. The van der Waals surface area contributed by atoms with Crippen molar-refractivity contribution in [3.8, 4) is 0 Å². The lowest BCUT2D eigenvalue weighted by molar-refractivity contribution is -0.138. The molecule has 0 radical (unpaired) electrons. The Morgan fingerprint density at radius 3 is 2.68 bits per heavy atom. The number of nitrogens with one attached hydrogen (secondary N) is 1. The van der Waals surface area contributed by atoms with Crippen molar-refractivity contribution in [2.24, 2.45) is 5.92 Å². The molecule has 2 heterocycles. The Kier molecular flexibility index (Phi) is 4.19. The van der Waals surface area contributed by atoms with Gasteiger partial charge in [-0.05, 0) is 24.8 Å². The van der Waals surface area contributed by atoms with Crippen LogP contribution in [0.2, 0.25) is 0 Å². The summed E-state index contributed by atoms with van der Waals surface area (Å²) in [6.45, 7) is 3.90. The van der Waals surface area contributed by atoms with Crippen molar-refractivity contribution in [3.05, 3.63) is 35.9 Å². The number of hydrogen-bond donors (Lipinski definition) is 1. The molecule has 2 fully saturated rings. The summed E-state index contributed by atoms with van der Waals surface area (Å²) < 4.78 is 0. The second-order valence-corrected chi connectivity index (χ2v) is 6.70. The number of carbonyl (C=O) groups is 2. The van der Waals surface area contributed by atoms with Crippen LogP contribution in [0.4, 0.5) is 0 Å². The minimum Gasteiger partial charge on any atom is -0.351 e. The molecule has 3 atom stereocenters. The highest BCUT2D eigenvalue weighted by molar-refractivity contribution is 5.81. The third kappa shape index (κ3) is 2.74. The number of benzene rings is 1. The van der Waals surface area contributed by atoms with Gasteiger partial charge in [-0.25, -0.2) is 0 Å². The Balaban J connectivity index is 1.94. The average molecular weight is 300 g/mol. The van der Waals surface area contributed by atoms with Crippen molar-refractivity contribution < 1.29 is 9.59 Å². The van der Waals surface area contributed by atoms with E-state index >= 15 is 0 Å². The lowest BCUT2D eigenvalue weighted by Crippen LogP contribution is -2.46. The van der Waals surface area contributed by atoms with Gasteiger partial charge in [0.2, 0.25) is 11.8 Å². The number of carbonyl (C=O) groups excluding carboxylic acids is 2. The van der Waals surface area contributed by atoms with Gasteiger partial charge >= 0.3 is 0 Å². The summed E-state index contributed by atoms with van der Waals surface area (Å²) in [5.74, 6) is 0.291. The third-order valence-corrected chi connectivity index (χ3v) is 4.82. The number of hydrogen-bond acceptors (Lipinski definition) is 2. The summed E-state index contributed by atoms with van der Waals surface area (Å²) in [7, 11) is 0. The van der Waals surface area contributed by atoms with E-state index in [4.69, 9.17) is 0 Å². The van der Waals surface area contributed by atoms with Gasteiger partial charge in [0.1, 0.15) is 0 Å². The maximum atomic E-state index is 12.8. The van der Waals surface area contributed by atoms with Gasteiger partial charge in [-0.2, -0.15) is 0 Å². The third-order valence-electron chi connectivity index (χ3n) is 4.82. The first kappa shape index (κ1) is 15.1. The standard InChI is InChI=1S/C18H24N2O2/c1-12(2)18(22)20-15-9-6-10-17(21)19-14(15)11-16(20)13-7-4-3-5-8-13/h3-5,7-8,12,14-16H,6,9-11H2,1-2H3,(H,19,21)/t14-,15+,16+/m0/s1. The van der Waals surface area contributed by atoms with Crippen molar-refractivity contribution in [3.63, 3.8) is 0 Å². The molecule has 0 spiro atoms. The minimum atomic E-state index is -0.0242. The molecule has 2 amide bonds. The molecule has 22 heavy (non-hydrogen) atoms. The monoisotopic (exact) mass is 300 g/mol. The summed E-state index contributed by atoms with van der Waals surface area (Å²) in [6, 6.07) is 10.5. The SMILES string of the molecule is CC(C)C(=O)N1[C@@H](c2ccccc2)C[C@@H]2NC(=O)CCC[C@H]21. The molecule has 0 aliphatic carbocycles. The summed E-state index contributed by atoms with van der Waals surface area (Å²) >= 11 is 0. The zero-order valence-electron chi connectivity index (χ0n) is 13.3. The van der Waals surface area contributed by atoms with Crippen LogP contribution < -0.4 is 5.32 Å². The summed E-state index contributed by atoms with van der Waals surface area (Å²) in [4.78, 5) is 26.7. The highest BCUT2D eigenvalue weighted by Crippen LogP contribution is 2.40. The normalized spacial score (nSPS) is 28.2. The molecular weight excluding hydrogens is 276 g/mol. The summed E-state index contributed by atoms with van der Waals surface area (Å²) in [5, 5.41) is 3.13. The van der Waals surface area contributed by atoms with Gasteiger partial charge < -0.3 is 10.2 Å². The predicted octanol–water partition coefficient (Wildman–Crippen LogP) is 2.65. The topological polar surface area (TPSA) is 49.4 Å². The number of nitrogens with zero attached hydrogens (tertiary/aromatic N) is 1. The zero-order chi connectivity index (χ0) is 15.7. The molecule has 1 aromatic carbocycles. The molecule has 0 unspecified atom stereocenters. The van der Waals surface area contributed by atoms with E-state index < -0.39 is 0 Å². The van der Waals surface area contributed by atoms with Crippen LogP contribution in [-0.2, 0) is 9.59 Å². The van der Waals surface area contributed by atoms with E-state index in [9.17, 15) is 9.59 Å². The van der Waals surface area contributed by atoms with Crippen molar-refractivity contribution in [1.29, 1.82) is 0 Å². The van der Waals surface area contributed by atoms with Gasteiger partial charge in [-0.15, -0.1) is 0 Å². The summed E-state index contributed by atoms with van der Waals surface area (Å²) in [6.07, 6.45) is 3.16. The van der Waals surface area contributed by atoms with E-state index in [0.717, 1.165) is 19.3 Å². The maximum Gasteiger partial charge on any atom is 0.225 e. The van der Waals surface area contributed by atoms with Crippen molar-refractivity contribution in [2.45, 2.75) is 57.7 Å². The second-order valence-electron chi connectivity index (χ2n) is 6.70. The number of likely N-dealkylation sites (tertiary alicyclic amines) is 1. The quantitative estimate of drug-likeness (QED) is 0.913. The van der Waals surface area contributed by atoms with Crippen molar-refractivity contribution in [2.75, 3.05) is 0 Å². The summed E-state index contributed by atoms with van der Waals surface area (Å²) in [5.41, 5.74) is 1.17. The molecule has 2 saturated heterocycles. The second kappa shape index (κ2) is 6.11. The zero-order valence-corrected chi connectivity index (χ0v) is 13.3. The van der Waals surface area contributed by atoms with E-state index in [1.807, 2.05) is 32.0 Å². The predicted molar refractivity (Wildman–Crippen MR) is 85.1 cm³/mol. The van der Waals surface area contributed by atoms with Gasteiger partial charge in [0.25, 0.3) is 0 Å². The Morgan fingerprint density at radius 1 is 1.27 bits per heavy atom. The van der Waals surface area contributed by atoms with Crippen molar-refractivity contribution in [1.82, 2.24) is 10.2 Å². The fourth-order valence-corrected chi connectivity index (χ4v) is 3.77. The first-order valence-corrected chi connectivity index (χ1v) is 8.24. The van der Waals surface area contributed by atoms with Gasteiger partial charge in [0.05, 0.1) is 18.1 Å². The van der Waals surface area contributed by atoms with Crippen LogP contribution in [-0.4, -0.2) is 28.8 Å². The average Bonchev–Trinajstić information content (AvgIpc) is 2.75.